The van der Waals surface area contributed by atoms with Gasteiger partial charge in [0, 0.05) is 12.2 Å². The number of benzene rings is 3. The summed E-state index contributed by atoms with van der Waals surface area (Å²) < 4.78 is 19.3. The van der Waals surface area contributed by atoms with E-state index in [2.05, 4.69) is 10.2 Å². The van der Waals surface area contributed by atoms with Gasteiger partial charge in [-0.1, -0.05) is 35.9 Å². The van der Waals surface area contributed by atoms with Crippen LogP contribution in [0.4, 0.5) is 15.8 Å². The van der Waals surface area contributed by atoms with E-state index in [4.69, 9.17) is 4.74 Å². The van der Waals surface area contributed by atoms with E-state index in [1.165, 1.54) is 12.1 Å². The molecule has 1 amide bonds. The highest BCUT2D eigenvalue weighted by molar-refractivity contribution is 5.91. The molecule has 0 spiro atoms. The molecule has 0 aromatic heterocycles. The van der Waals surface area contributed by atoms with Gasteiger partial charge in [-0.25, -0.2) is 4.39 Å². The fourth-order valence-corrected chi connectivity index (χ4v) is 3.68. The number of aryl methyl sites for hydroxylation is 2. The van der Waals surface area contributed by atoms with E-state index in [0.29, 0.717) is 19.6 Å². The van der Waals surface area contributed by atoms with Gasteiger partial charge < -0.3 is 15.0 Å². The average Bonchev–Trinajstić information content (AvgIpc) is 2.73. The predicted octanol–water partition coefficient (Wildman–Crippen LogP) is 5.24. The Morgan fingerprint density at radius 1 is 1.03 bits per heavy atom. The molecule has 4 rings (SSSR count). The molecule has 3 aromatic carbocycles. The van der Waals surface area contributed by atoms with Crippen LogP contribution in [0.2, 0.25) is 0 Å². The lowest BCUT2D eigenvalue weighted by atomic mass is 10.0. The number of fused-ring (bicyclic) bond motifs is 1. The van der Waals surface area contributed by atoms with Crippen molar-refractivity contribution in [3.63, 3.8) is 0 Å². The summed E-state index contributed by atoms with van der Waals surface area (Å²) in [7, 11) is 0. The van der Waals surface area contributed by atoms with Crippen molar-refractivity contribution in [1.82, 2.24) is 0 Å². The van der Waals surface area contributed by atoms with Crippen LogP contribution in [0.1, 0.15) is 23.1 Å². The molecule has 5 heteroatoms. The van der Waals surface area contributed by atoms with Gasteiger partial charge in [-0.3, -0.25) is 4.79 Å². The molecule has 1 heterocycles. The van der Waals surface area contributed by atoms with E-state index in [-0.39, 0.29) is 17.8 Å². The van der Waals surface area contributed by atoms with Gasteiger partial charge in [0.05, 0.1) is 18.2 Å². The van der Waals surface area contributed by atoms with Crippen LogP contribution in [0.25, 0.3) is 0 Å². The van der Waals surface area contributed by atoms with Crippen LogP contribution in [0.3, 0.4) is 0 Å². The fraction of sp³-hybridized carbons (Fsp3) is 0.240. The normalized spacial score (nSPS) is 15.3. The zero-order valence-electron chi connectivity index (χ0n) is 17.2. The number of carbonyl (C=O) groups excluding carboxylic acids is 1. The SMILES string of the molecule is Cc1ccc(NC(=O)C[C@H]2COc3cc(C)ccc3N2Cc2ccc(F)cc2)cc1. The molecule has 0 aliphatic carbocycles. The van der Waals surface area contributed by atoms with Gasteiger partial charge in [0.2, 0.25) is 5.91 Å². The number of ether oxygens (including phenoxy) is 1. The monoisotopic (exact) mass is 404 g/mol. The van der Waals surface area contributed by atoms with Crippen molar-refractivity contribution in [1.29, 1.82) is 0 Å². The maximum absolute atomic E-state index is 13.3. The maximum Gasteiger partial charge on any atom is 0.226 e. The Hall–Kier alpha value is -3.34. The van der Waals surface area contributed by atoms with Gasteiger partial charge in [-0.2, -0.15) is 0 Å². The molecule has 1 atom stereocenters. The number of anilines is 2. The Bertz CT molecular complexity index is 1030. The molecular formula is C25H25FN2O2. The van der Waals surface area contributed by atoms with Gasteiger partial charge >= 0.3 is 0 Å². The summed E-state index contributed by atoms with van der Waals surface area (Å²) in [4.78, 5) is 14.9. The molecule has 0 saturated heterocycles. The number of halogens is 1. The highest BCUT2D eigenvalue weighted by Crippen LogP contribution is 2.36. The summed E-state index contributed by atoms with van der Waals surface area (Å²) in [5, 5.41) is 2.97. The van der Waals surface area contributed by atoms with Crippen molar-refractivity contribution < 1.29 is 13.9 Å². The van der Waals surface area contributed by atoms with E-state index in [1.807, 2.05) is 56.3 Å². The first kappa shape index (κ1) is 20.0. The first-order chi connectivity index (χ1) is 14.5. The van der Waals surface area contributed by atoms with Crippen molar-refractivity contribution in [2.24, 2.45) is 0 Å². The number of hydrogen-bond acceptors (Lipinski definition) is 3. The quantitative estimate of drug-likeness (QED) is 0.632. The lowest BCUT2D eigenvalue weighted by molar-refractivity contribution is -0.116. The maximum atomic E-state index is 13.3. The summed E-state index contributed by atoms with van der Waals surface area (Å²) in [6.07, 6.45) is 0.294. The number of amides is 1. The number of hydrogen-bond donors (Lipinski definition) is 1. The number of rotatable bonds is 5. The van der Waals surface area contributed by atoms with Crippen LogP contribution in [0.5, 0.6) is 5.75 Å². The van der Waals surface area contributed by atoms with Crippen molar-refractivity contribution in [3.8, 4) is 5.75 Å². The van der Waals surface area contributed by atoms with E-state index in [9.17, 15) is 9.18 Å². The van der Waals surface area contributed by atoms with E-state index in [1.54, 1.807) is 12.1 Å². The third-order valence-electron chi connectivity index (χ3n) is 5.32. The third kappa shape index (κ3) is 4.62. The highest BCUT2D eigenvalue weighted by Gasteiger charge is 2.29. The van der Waals surface area contributed by atoms with Crippen molar-refractivity contribution in [2.75, 3.05) is 16.8 Å². The summed E-state index contributed by atoms with van der Waals surface area (Å²) in [5.74, 6) is 0.491. The van der Waals surface area contributed by atoms with Crippen LogP contribution in [0, 0.1) is 19.7 Å². The van der Waals surface area contributed by atoms with Gasteiger partial charge in [0.15, 0.2) is 0 Å². The Kier molecular flexibility index (Phi) is 5.70. The van der Waals surface area contributed by atoms with Crippen LogP contribution in [0.15, 0.2) is 66.7 Å². The number of carbonyl (C=O) groups is 1. The number of nitrogens with one attached hydrogen (secondary N) is 1. The van der Waals surface area contributed by atoms with Crippen molar-refractivity contribution in [2.45, 2.75) is 32.9 Å². The van der Waals surface area contributed by atoms with E-state index in [0.717, 1.165) is 33.8 Å². The summed E-state index contributed by atoms with van der Waals surface area (Å²) in [5.41, 5.74) is 4.97. The predicted molar refractivity (Wildman–Crippen MR) is 117 cm³/mol. The Morgan fingerprint density at radius 3 is 2.47 bits per heavy atom. The second-order valence-corrected chi connectivity index (χ2v) is 7.81. The zero-order valence-corrected chi connectivity index (χ0v) is 17.2. The Labute approximate surface area is 176 Å². The van der Waals surface area contributed by atoms with Crippen molar-refractivity contribution >= 4 is 17.3 Å². The van der Waals surface area contributed by atoms with Crippen LogP contribution in [-0.2, 0) is 11.3 Å². The molecule has 0 saturated carbocycles. The molecule has 154 valence electrons. The Morgan fingerprint density at radius 2 is 1.73 bits per heavy atom. The average molecular weight is 404 g/mol. The molecule has 0 bridgehead atoms. The zero-order chi connectivity index (χ0) is 21.1. The standard InChI is InChI=1S/C25H25FN2O2/c1-17-3-10-21(11-4-17)27-25(29)14-22-16-30-24-13-18(2)5-12-23(24)28(22)15-19-6-8-20(26)9-7-19/h3-13,22H,14-16H2,1-2H3,(H,27,29)/t22-/m0/s1. The third-order valence-corrected chi connectivity index (χ3v) is 5.32. The minimum absolute atomic E-state index is 0.0629. The fourth-order valence-electron chi connectivity index (χ4n) is 3.68. The molecule has 0 radical (unpaired) electrons. The molecule has 1 aliphatic rings. The second-order valence-electron chi connectivity index (χ2n) is 7.81. The molecule has 3 aromatic rings. The lowest BCUT2D eigenvalue weighted by Gasteiger charge is -2.38. The molecule has 1 aliphatic heterocycles. The number of nitrogens with zero attached hydrogens (tertiary/aromatic N) is 1. The Balaban J connectivity index is 1.55. The molecular weight excluding hydrogens is 379 g/mol. The molecule has 4 nitrogen and oxygen atoms in total. The molecule has 0 fully saturated rings. The van der Waals surface area contributed by atoms with Gasteiger partial charge in [-0.15, -0.1) is 0 Å². The van der Waals surface area contributed by atoms with Crippen LogP contribution in [-0.4, -0.2) is 18.6 Å². The lowest BCUT2D eigenvalue weighted by Crippen LogP contribution is -2.44. The van der Waals surface area contributed by atoms with Gasteiger partial charge in [0.25, 0.3) is 0 Å². The summed E-state index contributed by atoms with van der Waals surface area (Å²) >= 11 is 0. The molecule has 30 heavy (non-hydrogen) atoms. The van der Waals surface area contributed by atoms with E-state index < -0.39 is 0 Å². The van der Waals surface area contributed by atoms with Gasteiger partial charge in [-0.05, 0) is 61.4 Å². The molecule has 1 N–H and O–H groups in total. The van der Waals surface area contributed by atoms with Crippen LogP contribution >= 0.6 is 0 Å². The van der Waals surface area contributed by atoms with E-state index >= 15 is 0 Å². The minimum atomic E-state index is -0.259. The second kappa shape index (κ2) is 8.57. The topological polar surface area (TPSA) is 41.6 Å². The first-order valence-electron chi connectivity index (χ1n) is 10.1. The summed E-state index contributed by atoms with van der Waals surface area (Å²) in [6, 6.07) is 20.2. The first-order valence-corrected chi connectivity index (χ1v) is 10.1. The smallest absolute Gasteiger partial charge is 0.226 e. The van der Waals surface area contributed by atoms with Gasteiger partial charge in [0.1, 0.15) is 18.2 Å². The van der Waals surface area contributed by atoms with Crippen molar-refractivity contribution in [3.05, 3.63) is 89.2 Å². The minimum Gasteiger partial charge on any atom is -0.489 e. The highest BCUT2D eigenvalue weighted by atomic mass is 19.1. The largest absolute Gasteiger partial charge is 0.489 e. The van der Waals surface area contributed by atoms with Crippen LogP contribution < -0.4 is 15.0 Å². The summed E-state index contributed by atoms with van der Waals surface area (Å²) in [6.45, 7) is 5.02. The molecule has 0 unspecified atom stereocenters.